The Hall–Kier alpha value is -14.4. The van der Waals surface area contributed by atoms with Gasteiger partial charge in [0.1, 0.15) is 115 Å². The Labute approximate surface area is 856 Å². The number of carboxylic acid groups (broad SMARTS) is 1. The molecule has 0 unspecified atom stereocenters. The van der Waals surface area contributed by atoms with Crippen molar-refractivity contribution in [2.45, 2.75) is 183 Å². The first-order valence-corrected chi connectivity index (χ1v) is 47.6. The summed E-state index contributed by atoms with van der Waals surface area (Å²) in [6, 6.07) is 15.4. The number of primary amides is 1. The largest absolute Gasteiger partial charge is 0.497 e. The molecule has 7 N–H and O–H groups in total. The molecule has 4 atom stereocenters. The van der Waals surface area contributed by atoms with Crippen LogP contribution in [0.25, 0.3) is 0 Å². The molecule has 0 saturated carbocycles. The second-order valence-corrected chi connectivity index (χ2v) is 37.9. The number of rotatable bonds is 20. The van der Waals surface area contributed by atoms with Crippen LogP contribution in [-0.2, 0) is 37.9 Å². The average Bonchev–Trinajstić information content (AvgIpc) is 1.67. The minimum atomic E-state index is -1.12. The van der Waals surface area contributed by atoms with Gasteiger partial charge in [-0.1, -0.05) is 17.8 Å². The predicted molar refractivity (Wildman–Crippen MR) is 538 cm³/mol. The van der Waals surface area contributed by atoms with Gasteiger partial charge in [0.15, 0.2) is 0 Å². The molecule has 0 bridgehead atoms. The number of aromatic carboxylic acids is 1. The molecule has 13 rings (SSSR count). The molecule has 4 saturated heterocycles. The van der Waals surface area contributed by atoms with Crippen LogP contribution in [0.2, 0.25) is 0 Å². The molecular formula is C98H124I2N18O25. The monoisotopic (exact) mass is 2210 g/mol. The zero-order valence-corrected chi connectivity index (χ0v) is 88.5. The van der Waals surface area contributed by atoms with Crippen LogP contribution in [0.5, 0.6) is 34.5 Å². The number of nitrogens with two attached hydrogens (primary N) is 2. The van der Waals surface area contributed by atoms with Gasteiger partial charge in [0, 0.05) is 112 Å². The Morgan fingerprint density at radius 1 is 0.378 bits per heavy atom. The first-order chi connectivity index (χ1) is 67.5. The number of amides is 5. The molecule has 770 valence electrons. The number of aromatic nitrogens is 12. The standard InChI is InChI=1S/C25H31N3O6.C23H28N4O5.C23H27N3O6.C15H22IN3O4.C6H7IN2O2.C6H9N3O2/c1-7-33-23(29)21-16-28(18-10-11-27(15-18)24(30)34-25(2,3)4)26-22(21)9-8-17-12-19(31-5)14-20(13-17)32-6;1-23(2,3)32-22(29)26-9-8-16(13-26)27-14-19(21(24)28)20(25-27)7-6-15-10-17(30-4)12-18(11-15)31-5;1-23(2,3)32-22(29)25-9-8-16(13-25)26-14-19(21(27)28)20(24-26)7-6-15-10-17(30-4)12-18(11-15)31-5;1-5-22-13(20)11-9-19(17-12(11)16)10-6-7-18(8-10)14(21)23-15(2,3)4;2*1-2-11-6(10)4-3-8-9-5(4)7/h12-14,16,18H,7,10-11,15H2,1-6H3;10-12,14,16H,8-9,13H2,1-5H3,(H2,24,28);10-12,14,16H,8-9,13H2,1-5H3,(H,27,28);9-10H,5-8H2,1-4H3;3H,2H2,1H3,(H,8,9);3H,2H2,1H3,(H3,7,8,9)/t18-;2*16-;10-;;/m0000../s1. The topological polar surface area (TPSA) is 514 Å². The SMILES string of the molecule is CCOC(=O)c1cn([C@H]2CCN(C(=O)OC(C)(C)C)C2)nc1C#Cc1cc(OC)cc(OC)c1.CCOC(=O)c1cn([C@H]2CCN(C(=O)OC(C)(C)C)C2)nc1I.CCOC(=O)c1cn[nH]c1I.CCOC(=O)c1cn[nH]c1N.COc1cc(C#Cc2nn([C@H]3CCN(C(=O)OC(C)(C)C)C3)cc2C(=O)O)cc(OC)c1.COc1cc(C#Cc2nn([C@H]3CCN(C(=O)OC(C)(C)C)C3)cc2C(N)=O)cc(OC)c1. The fourth-order valence-electron chi connectivity index (χ4n) is 13.7. The molecule has 45 heteroatoms. The third-order valence-electron chi connectivity index (χ3n) is 20.4. The summed E-state index contributed by atoms with van der Waals surface area (Å²) in [6.07, 6.45) is 10.5. The van der Waals surface area contributed by atoms with E-state index >= 15 is 0 Å². The molecular weight excluding hydrogens is 2080 g/mol. The Morgan fingerprint density at radius 3 is 0.923 bits per heavy atom. The first-order valence-electron chi connectivity index (χ1n) is 45.4. The van der Waals surface area contributed by atoms with Crippen LogP contribution < -0.4 is 39.9 Å². The van der Waals surface area contributed by atoms with Gasteiger partial charge in [-0.05, 0) is 236 Å². The van der Waals surface area contributed by atoms with E-state index in [-0.39, 0.29) is 100 Å². The molecule has 0 radical (unpaired) electrons. The molecule has 143 heavy (non-hydrogen) atoms. The highest BCUT2D eigenvalue weighted by Gasteiger charge is 2.38. The van der Waals surface area contributed by atoms with E-state index in [0.29, 0.717) is 167 Å². The van der Waals surface area contributed by atoms with E-state index in [1.807, 2.05) is 128 Å². The number of ether oxygens (including phenoxy) is 14. The summed E-state index contributed by atoms with van der Waals surface area (Å²) in [5, 5.41) is 39.8. The lowest BCUT2D eigenvalue weighted by atomic mass is 10.2. The van der Waals surface area contributed by atoms with E-state index in [9.17, 15) is 53.1 Å². The van der Waals surface area contributed by atoms with E-state index in [1.165, 1.54) is 18.6 Å². The Bertz CT molecular complexity index is 5860. The van der Waals surface area contributed by atoms with Gasteiger partial charge in [-0.15, -0.1) is 0 Å². The molecule has 4 fully saturated rings. The summed E-state index contributed by atoms with van der Waals surface area (Å²) in [5.41, 5.74) is 13.0. The first kappa shape index (κ1) is 114. The number of hydrogen-bond acceptors (Lipinski definition) is 31. The quantitative estimate of drug-likeness (QED) is 0.0205. The van der Waals surface area contributed by atoms with Gasteiger partial charge >= 0.3 is 54.2 Å². The van der Waals surface area contributed by atoms with Gasteiger partial charge in [0.05, 0.1) is 111 Å². The second kappa shape index (κ2) is 52.3. The lowest BCUT2D eigenvalue weighted by molar-refractivity contribution is 0.0278. The summed E-state index contributed by atoms with van der Waals surface area (Å²) < 4.78 is 80.9. The number of nitrogens with zero attached hydrogens (tertiary/aromatic N) is 14. The van der Waals surface area contributed by atoms with E-state index in [4.69, 9.17) is 73.0 Å². The molecule has 3 aromatic carbocycles. The molecule has 10 heterocycles. The average molecular weight is 2210 g/mol. The van der Waals surface area contributed by atoms with Crippen molar-refractivity contribution < 1.29 is 119 Å². The van der Waals surface area contributed by atoms with Crippen molar-refractivity contribution in [1.29, 1.82) is 0 Å². The number of methoxy groups -OCH3 is 6. The van der Waals surface area contributed by atoms with Crippen LogP contribution in [0.15, 0.2) is 91.8 Å². The van der Waals surface area contributed by atoms with E-state index in [1.54, 1.807) is 182 Å². The third-order valence-corrected chi connectivity index (χ3v) is 22.0. The number of nitrogens with one attached hydrogen (secondary N) is 2. The number of nitrogen functional groups attached to an aromatic ring is 1. The van der Waals surface area contributed by atoms with Crippen LogP contribution in [0.4, 0.5) is 25.0 Å². The van der Waals surface area contributed by atoms with Crippen molar-refractivity contribution in [1.82, 2.24) is 79.1 Å². The van der Waals surface area contributed by atoms with E-state index in [2.05, 4.69) is 81.0 Å². The molecule has 4 aliphatic rings. The Kier molecular flexibility index (Phi) is 41.7. The molecule has 43 nitrogen and oxygen atoms in total. The summed E-state index contributed by atoms with van der Waals surface area (Å²) in [5.74, 6) is 18.1. The summed E-state index contributed by atoms with van der Waals surface area (Å²) >= 11 is 4.01. The number of H-pyrrole nitrogens is 2. The van der Waals surface area contributed by atoms with Crippen molar-refractivity contribution in [3.8, 4) is 70.0 Å². The van der Waals surface area contributed by atoms with Gasteiger partial charge in [0.2, 0.25) is 0 Å². The molecule has 0 spiro atoms. The van der Waals surface area contributed by atoms with E-state index in [0.717, 1.165) is 6.42 Å². The number of halogens is 2. The number of benzene rings is 3. The van der Waals surface area contributed by atoms with Gasteiger partial charge < -0.3 is 102 Å². The smallest absolute Gasteiger partial charge is 0.410 e. The zero-order valence-electron chi connectivity index (χ0n) is 84.2. The van der Waals surface area contributed by atoms with Crippen molar-refractivity contribution in [2.75, 3.05) is 127 Å². The normalized spacial score (nSPS) is 15.0. The number of carbonyl (C=O) groups is 10. The maximum Gasteiger partial charge on any atom is 0.410 e. The number of carboxylic acids is 1. The van der Waals surface area contributed by atoms with Crippen LogP contribution in [0, 0.1) is 42.9 Å². The third kappa shape index (κ3) is 34.8. The molecule has 6 aromatic heterocycles. The number of hydrogen-bond donors (Lipinski definition) is 5. The Balaban J connectivity index is 0.000000218. The highest BCUT2D eigenvalue weighted by atomic mass is 127. The number of anilines is 1. The molecule has 9 aromatic rings. The minimum Gasteiger partial charge on any atom is -0.497 e. The minimum absolute atomic E-state index is 0.00285. The van der Waals surface area contributed by atoms with Gasteiger partial charge in [-0.2, -0.15) is 30.6 Å². The number of carbonyl (C=O) groups excluding carboxylic acids is 9. The van der Waals surface area contributed by atoms with E-state index < -0.39 is 52.3 Å². The summed E-state index contributed by atoms with van der Waals surface area (Å²) in [7, 11) is 9.32. The van der Waals surface area contributed by atoms with Crippen LogP contribution in [-0.4, -0.2) is 288 Å². The molecule has 4 aliphatic heterocycles. The lowest BCUT2D eigenvalue weighted by Crippen LogP contribution is -2.35. The van der Waals surface area contributed by atoms with Gasteiger partial charge in [-0.25, -0.2) is 43.2 Å². The predicted octanol–water partition coefficient (Wildman–Crippen LogP) is 13.6. The Morgan fingerprint density at radius 2 is 0.643 bits per heavy atom. The molecule has 5 amide bonds. The highest BCUT2D eigenvalue weighted by molar-refractivity contribution is 14.1. The maximum absolute atomic E-state index is 12.6. The lowest BCUT2D eigenvalue weighted by Gasteiger charge is -2.24. The van der Waals surface area contributed by atoms with Crippen molar-refractivity contribution in [3.05, 3.63) is 166 Å². The fraction of sp³-hybridized carbons (Fsp3) is 0.469. The van der Waals surface area contributed by atoms with Crippen LogP contribution in [0.3, 0.4) is 0 Å². The zero-order chi connectivity index (χ0) is 106. The fourth-order valence-corrected chi connectivity index (χ4v) is 14.8. The summed E-state index contributed by atoms with van der Waals surface area (Å²) in [6.45, 7) is 34.2. The number of aromatic amines is 2. The molecule has 0 aliphatic carbocycles. The number of esters is 4. The summed E-state index contributed by atoms with van der Waals surface area (Å²) in [4.78, 5) is 126. The van der Waals surface area contributed by atoms with Gasteiger partial charge in [0.25, 0.3) is 5.91 Å². The van der Waals surface area contributed by atoms with Crippen molar-refractivity contribution >= 4 is 111 Å². The second-order valence-electron chi connectivity index (χ2n) is 35.8. The van der Waals surface area contributed by atoms with Crippen LogP contribution in [0.1, 0.15) is 257 Å². The van der Waals surface area contributed by atoms with Crippen molar-refractivity contribution in [3.63, 3.8) is 0 Å². The van der Waals surface area contributed by atoms with Crippen molar-refractivity contribution in [2.24, 2.45) is 5.73 Å². The van der Waals surface area contributed by atoms with Crippen LogP contribution >= 0.6 is 45.2 Å². The van der Waals surface area contributed by atoms with Gasteiger partial charge in [-0.3, -0.25) is 33.7 Å². The maximum atomic E-state index is 12.6. The number of likely N-dealkylation sites (tertiary alicyclic amines) is 4. The highest BCUT2D eigenvalue weighted by Crippen LogP contribution is 2.33.